The van der Waals surface area contributed by atoms with E-state index in [9.17, 15) is 29.7 Å². The third-order valence-electron chi connectivity index (χ3n) is 7.98. The smallest absolute Gasteiger partial charge is 0.334 e. The maximum absolute atomic E-state index is 12.7. The second kappa shape index (κ2) is 12.6. The second-order valence-electron chi connectivity index (χ2n) is 10.7. The molecule has 0 aliphatic carbocycles. The van der Waals surface area contributed by atoms with Gasteiger partial charge in [0.25, 0.3) is 0 Å². The molecule has 1 fully saturated rings. The van der Waals surface area contributed by atoms with Crippen molar-refractivity contribution in [2.24, 2.45) is 10.9 Å². The zero-order valence-corrected chi connectivity index (χ0v) is 23.0. The molecule has 0 spiro atoms. The van der Waals surface area contributed by atoms with Gasteiger partial charge in [-0.2, -0.15) is 0 Å². The largest absolute Gasteiger partial charge is 0.481 e. The first kappa shape index (κ1) is 29.2. The zero-order valence-electron chi connectivity index (χ0n) is 23.0. The van der Waals surface area contributed by atoms with Crippen molar-refractivity contribution in [3.8, 4) is 0 Å². The Labute approximate surface area is 234 Å². The Morgan fingerprint density at radius 2 is 1.70 bits per heavy atom. The molecular weight excluding hydrogens is 510 g/mol. The monoisotopic (exact) mass is 547 g/mol. The Bertz CT molecular complexity index is 1310. The standard InChI is InChI=1S/C31H37N3O6/c1-20-26(29(36)37)28(27(30(38)39)21(2)32-20)22-9-8-12-24(19-22)33-25(35)13-6-7-16-34-17-14-31(40,15-18-34)23-10-4-3-5-11-23/h3-5,8-12,19,26,28,40H,6-7,13-18H2,1-2H3,(H,33,35)(H,36,37)(H,38,39). The van der Waals surface area contributed by atoms with Crippen molar-refractivity contribution in [1.82, 2.24) is 4.90 Å². The molecule has 2 unspecified atom stereocenters. The van der Waals surface area contributed by atoms with Crippen molar-refractivity contribution >= 4 is 29.2 Å². The van der Waals surface area contributed by atoms with E-state index in [0.29, 0.717) is 42.6 Å². The molecule has 4 N–H and O–H groups in total. The molecule has 2 heterocycles. The lowest BCUT2D eigenvalue weighted by Gasteiger charge is -2.38. The van der Waals surface area contributed by atoms with Crippen LogP contribution >= 0.6 is 0 Å². The lowest BCUT2D eigenvalue weighted by atomic mass is 9.75. The molecule has 2 aromatic rings. The van der Waals surface area contributed by atoms with Crippen molar-refractivity contribution in [1.29, 1.82) is 0 Å². The van der Waals surface area contributed by atoms with Crippen molar-refractivity contribution in [3.63, 3.8) is 0 Å². The number of hydrogen-bond donors (Lipinski definition) is 4. The van der Waals surface area contributed by atoms with E-state index < -0.39 is 29.4 Å². The first-order chi connectivity index (χ1) is 19.1. The molecular formula is C31H37N3O6. The number of hydrogen-bond acceptors (Lipinski definition) is 6. The number of anilines is 1. The molecule has 212 valence electrons. The summed E-state index contributed by atoms with van der Waals surface area (Å²) in [5.41, 5.74) is 1.74. The van der Waals surface area contributed by atoms with Gasteiger partial charge in [-0.05, 0) is 69.3 Å². The Morgan fingerprint density at radius 3 is 2.35 bits per heavy atom. The van der Waals surface area contributed by atoms with Crippen molar-refractivity contribution in [2.75, 3.05) is 25.0 Å². The number of carbonyl (C=O) groups excluding carboxylic acids is 1. The third kappa shape index (κ3) is 6.66. The number of aliphatic hydroxyl groups is 1. The number of rotatable bonds is 10. The number of allylic oxidation sites excluding steroid dienone is 1. The van der Waals surface area contributed by atoms with Crippen LogP contribution < -0.4 is 5.32 Å². The molecule has 1 amide bonds. The summed E-state index contributed by atoms with van der Waals surface area (Å²) in [6.07, 6.45) is 3.25. The van der Waals surface area contributed by atoms with Crippen LogP contribution in [0, 0.1) is 5.92 Å². The van der Waals surface area contributed by atoms with Crippen molar-refractivity contribution < 1.29 is 29.7 Å². The van der Waals surface area contributed by atoms with Crippen LogP contribution in [-0.4, -0.2) is 63.4 Å². The number of benzene rings is 2. The van der Waals surface area contributed by atoms with E-state index in [1.165, 1.54) is 0 Å². The Hall–Kier alpha value is -3.82. The minimum atomic E-state index is -1.21. The molecule has 2 aliphatic heterocycles. The SMILES string of the molecule is CC1=NC(C)=C(C(=O)O)C(c2cccc(NC(=O)CCCCN3CCC(O)(c4ccccc4)CC3)c2)C1C(=O)O. The van der Waals surface area contributed by atoms with E-state index in [1.807, 2.05) is 30.3 Å². The lowest BCUT2D eigenvalue weighted by Crippen LogP contribution is -2.42. The van der Waals surface area contributed by atoms with Gasteiger partial charge in [0.2, 0.25) is 5.91 Å². The molecule has 9 heteroatoms. The fourth-order valence-electron chi connectivity index (χ4n) is 5.83. The van der Waals surface area contributed by atoms with Gasteiger partial charge >= 0.3 is 11.9 Å². The van der Waals surface area contributed by atoms with E-state index in [4.69, 9.17) is 0 Å². The zero-order chi connectivity index (χ0) is 28.9. The highest BCUT2D eigenvalue weighted by atomic mass is 16.4. The predicted octanol–water partition coefficient (Wildman–Crippen LogP) is 4.40. The summed E-state index contributed by atoms with van der Waals surface area (Å²) in [6, 6.07) is 16.5. The third-order valence-corrected chi connectivity index (χ3v) is 7.98. The van der Waals surface area contributed by atoms with Gasteiger partial charge < -0.3 is 25.5 Å². The van der Waals surface area contributed by atoms with Gasteiger partial charge in [-0.3, -0.25) is 14.6 Å². The lowest BCUT2D eigenvalue weighted by molar-refractivity contribution is -0.140. The highest BCUT2D eigenvalue weighted by Gasteiger charge is 2.41. The Kier molecular flexibility index (Phi) is 9.17. The van der Waals surface area contributed by atoms with Crippen LogP contribution in [0.25, 0.3) is 0 Å². The van der Waals surface area contributed by atoms with Crippen LogP contribution in [0.1, 0.15) is 63.0 Å². The summed E-state index contributed by atoms with van der Waals surface area (Å²) >= 11 is 0. The normalized spacial score (nSPS) is 21.0. The molecule has 40 heavy (non-hydrogen) atoms. The maximum atomic E-state index is 12.7. The summed E-state index contributed by atoms with van der Waals surface area (Å²) in [6.45, 7) is 5.62. The fraction of sp³-hybridized carbons (Fsp3) is 0.419. The van der Waals surface area contributed by atoms with E-state index in [-0.39, 0.29) is 17.2 Å². The fourth-order valence-corrected chi connectivity index (χ4v) is 5.83. The number of likely N-dealkylation sites (tertiary alicyclic amines) is 1. The Morgan fingerprint density at radius 1 is 1.00 bits per heavy atom. The number of aliphatic carboxylic acids is 2. The molecule has 0 saturated carbocycles. The topological polar surface area (TPSA) is 140 Å². The molecule has 2 atom stereocenters. The van der Waals surface area contributed by atoms with Gasteiger partial charge in [0.05, 0.1) is 11.2 Å². The van der Waals surface area contributed by atoms with Crippen LogP contribution in [0.3, 0.4) is 0 Å². The summed E-state index contributed by atoms with van der Waals surface area (Å²) in [4.78, 5) is 43.3. The number of nitrogens with zero attached hydrogens (tertiary/aromatic N) is 2. The van der Waals surface area contributed by atoms with Crippen LogP contribution in [0.4, 0.5) is 5.69 Å². The number of carboxylic acid groups (broad SMARTS) is 2. The molecule has 4 rings (SSSR count). The highest BCUT2D eigenvalue weighted by molar-refractivity contribution is 6.06. The summed E-state index contributed by atoms with van der Waals surface area (Å²) < 4.78 is 0. The number of unbranched alkanes of at least 4 members (excludes halogenated alkanes) is 1. The van der Waals surface area contributed by atoms with Crippen LogP contribution in [-0.2, 0) is 20.0 Å². The van der Waals surface area contributed by atoms with Gasteiger partial charge in [0, 0.05) is 42.5 Å². The number of carboxylic acids is 2. The van der Waals surface area contributed by atoms with Gasteiger partial charge in [-0.25, -0.2) is 4.79 Å². The minimum Gasteiger partial charge on any atom is -0.481 e. The first-order valence-electron chi connectivity index (χ1n) is 13.7. The van der Waals surface area contributed by atoms with Crippen LogP contribution in [0.5, 0.6) is 0 Å². The van der Waals surface area contributed by atoms with Gasteiger partial charge in [-0.15, -0.1) is 0 Å². The molecule has 1 saturated heterocycles. The minimum absolute atomic E-state index is 0.0543. The second-order valence-corrected chi connectivity index (χ2v) is 10.7. The average Bonchev–Trinajstić information content (AvgIpc) is 2.92. The number of nitrogens with one attached hydrogen (secondary N) is 1. The first-order valence-corrected chi connectivity index (χ1v) is 13.7. The predicted molar refractivity (Wildman–Crippen MR) is 152 cm³/mol. The van der Waals surface area contributed by atoms with Crippen molar-refractivity contribution in [3.05, 3.63) is 77.0 Å². The quantitative estimate of drug-likeness (QED) is 0.323. The highest BCUT2D eigenvalue weighted by Crippen LogP contribution is 2.40. The van der Waals surface area contributed by atoms with E-state index in [2.05, 4.69) is 15.2 Å². The Balaban J connectivity index is 1.30. The molecule has 9 nitrogen and oxygen atoms in total. The van der Waals surface area contributed by atoms with E-state index in [0.717, 1.165) is 31.6 Å². The number of piperidine rings is 1. The van der Waals surface area contributed by atoms with Crippen LogP contribution in [0.15, 0.2) is 70.9 Å². The molecule has 0 radical (unpaired) electrons. The molecule has 0 bridgehead atoms. The summed E-state index contributed by atoms with van der Waals surface area (Å²) in [7, 11) is 0. The number of amides is 1. The van der Waals surface area contributed by atoms with Gasteiger partial charge in [-0.1, -0.05) is 42.5 Å². The van der Waals surface area contributed by atoms with E-state index >= 15 is 0 Å². The van der Waals surface area contributed by atoms with Gasteiger partial charge in [0.15, 0.2) is 0 Å². The average molecular weight is 548 g/mol. The summed E-state index contributed by atoms with van der Waals surface area (Å²) in [5, 5.41) is 33.6. The maximum Gasteiger partial charge on any atom is 0.334 e. The number of carbonyl (C=O) groups is 3. The van der Waals surface area contributed by atoms with Crippen molar-refractivity contribution in [2.45, 2.75) is 57.5 Å². The van der Waals surface area contributed by atoms with Gasteiger partial charge in [0.1, 0.15) is 5.92 Å². The van der Waals surface area contributed by atoms with E-state index in [1.54, 1.807) is 38.1 Å². The molecule has 2 aliphatic rings. The number of aliphatic imine (C=N–C) groups is 1. The summed E-state index contributed by atoms with van der Waals surface area (Å²) in [5.74, 6) is -4.55. The molecule has 0 aromatic heterocycles. The molecule has 2 aromatic carbocycles. The van der Waals surface area contributed by atoms with Crippen LogP contribution in [0.2, 0.25) is 0 Å².